The highest BCUT2D eigenvalue weighted by Crippen LogP contribution is 2.23. The van der Waals surface area contributed by atoms with Crippen LogP contribution >= 0.6 is 33.0 Å². The van der Waals surface area contributed by atoms with Gasteiger partial charge < -0.3 is 9.47 Å². The van der Waals surface area contributed by atoms with Crippen molar-refractivity contribution in [3.8, 4) is 11.5 Å². The number of rotatable bonds is 7. The van der Waals surface area contributed by atoms with Crippen LogP contribution < -0.4 is 9.47 Å². The van der Waals surface area contributed by atoms with E-state index in [1.165, 1.54) is 25.3 Å². The molecule has 0 atom stereocenters. The predicted molar refractivity (Wildman–Crippen MR) is 158 cm³/mol. The maximum absolute atomic E-state index is 13.4. The summed E-state index contributed by atoms with van der Waals surface area (Å²) in [6.45, 7) is 0. The molecule has 0 aliphatic carbocycles. The van der Waals surface area contributed by atoms with Crippen molar-refractivity contribution in [2.75, 3.05) is 14.2 Å². The van der Waals surface area contributed by atoms with Crippen LogP contribution in [-0.2, 0) is 18.1 Å². The molecule has 4 aromatic rings. The molecule has 0 aromatic heterocycles. The predicted octanol–water partition coefficient (Wildman–Crippen LogP) is 6.82. The van der Waals surface area contributed by atoms with E-state index in [1.807, 2.05) is 30.3 Å². The first-order valence-corrected chi connectivity index (χ1v) is 16.5. The zero-order valence-corrected chi connectivity index (χ0v) is 26.0. The van der Waals surface area contributed by atoms with Crippen LogP contribution in [0.5, 0.6) is 11.5 Å². The molecule has 0 N–H and O–H groups in total. The van der Waals surface area contributed by atoms with E-state index in [9.17, 15) is 35.2 Å². The van der Waals surface area contributed by atoms with Crippen LogP contribution in [0.15, 0.2) is 101 Å². The lowest BCUT2D eigenvalue weighted by Gasteiger charge is -2.05. The summed E-state index contributed by atoms with van der Waals surface area (Å²) < 4.78 is 80.3. The number of carbonyl (C=O) groups is 2. The van der Waals surface area contributed by atoms with Crippen molar-refractivity contribution in [1.82, 2.24) is 0 Å². The number of hydrogen-bond acceptors (Lipinski definition) is 8. The molecular formula is C28H21Cl3F2O8S2. The van der Waals surface area contributed by atoms with Crippen LogP contribution in [0.3, 0.4) is 0 Å². The highest BCUT2D eigenvalue weighted by atomic mass is 35.7. The van der Waals surface area contributed by atoms with Crippen molar-refractivity contribution in [2.24, 2.45) is 0 Å². The first-order valence-electron chi connectivity index (χ1n) is 11.5. The van der Waals surface area contributed by atoms with Crippen molar-refractivity contribution < 1.29 is 44.7 Å². The Morgan fingerprint density at radius 2 is 1.00 bits per heavy atom. The summed E-state index contributed by atoms with van der Waals surface area (Å²) in [5.74, 6) is -0.987. The van der Waals surface area contributed by atoms with E-state index in [-0.39, 0.29) is 11.1 Å². The van der Waals surface area contributed by atoms with Crippen LogP contribution in [0.2, 0.25) is 0 Å². The lowest BCUT2D eigenvalue weighted by molar-refractivity contribution is 0.103. The molecule has 0 fully saturated rings. The largest absolute Gasteiger partial charge is 0.497 e. The van der Waals surface area contributed by atoms with E-state index in [1.54, 1.807) is 19.2 Å². The molecule has 0 aliphatic heterocycles. The van der Waals surface area contributed by atoms with Gasteiger partial charge in [0.05, 0.1) is 14.2 Å². The molecule has 4 aromatic carbocycles. The third-order valence-electron chi connectivity index (χ3n) is 5.21. The van der Waals surface area contributed by atoms with Gasteiger partial charge in [-0.1, -0.05) is 18.2 Å². The summed E-state index contributed by atoms with van der Waals surface area (Å²) in [4.78, 5) is 21.4. The second-order valence-electron chi connectivity index (χ2n) is 8.01. The van der Waals surface area contributed by atoms with Gasteiger partial charge in [-0.25, -0.2) is 25.6 Å². The molecular weight excluding hydrogens is 673 g/mol. The SMILES string of the molecule is COc1ccc(C(=O)c2ccc(F)c(S(=O)(=O)Cl)c2)cc1.COc1ccccc1.O=C(Cl)c1ccc(F)c(S(=O)(=O)Cl)c1. The summed E-state index contributed by atoms with van der Waals surface area (Å²) >= 11 is 5.08. The smallest absolute Gasteiger partial charge is 0.264 e. The van der Waals surface area contributed by atoms with Gasteiger partial charge in [-0.05, 0) is 84.4 Å². The van der Waals surface area contributed by atoms with E-state index in [2.05, 4.69) is 0 Å². The zero-order chi connectivity index (χ0) is 32.4. The summed E-state index contributed by atoms with van der Waals surface area (Å²) in [5, 5.41) is -0.883. The number of halogens is 5. The van der Waals surface area contributed by atoms with E-state index < -0.39 is 50.6 Å². The molecule has 15 heteroatoms. The second kappa shape index (κ2) is 15.8. The molecule has 0 unspecified atom stereocenters. The summed E-state index contributed by atoms with van der Waals surface area (Å²) in [5.41, 5.74) is 0.216. The van der Waals surface area contributed by atoms with E-state index >= 15 is 0 Å². The summed E-state index contributed by atoms with van der Waals surface area (Å²) in [7, 11) is 4.74. The first-order chi connectivity index (χ1) is 20.1. The van der Waals surface area contributed by atoms with Gasteiger partial charge in [0, 0.05) is 38.1 Å². The van der Waals surface area contributed by atoms with Crippen LogP contribution in [0.1, 0.15) is 26.3 Å². The van der Waals surface area contributed by atoms with Gasteiger partial charge in [0.2, 0.25) is 0 Å². The van der Waals surface area contributed by atoms with Crippen molar-refractivity contribution in [3.63, 3.8) is 0 Å². The van der Waals surface area contributed by atoms with Crippen molar-refractivity contribution in [3.05, 3.63) is 119 Å². The van der Waals surface area contributed by atoms with E-state index in [4.69, 9.17) is 42.4 Å². The molecule has 0 spiro atoms. The molecule has 0 bridgehead atoms. The number of ether oxygens (including phenoxy) is 2. The van der Waals surface area contributed by atoms with Crippen LogP contribution in [-0.4, -0.2) is 42.1 Å². The van der Waals surface area contributed by atoms with Gasteiger partial charge in [0.25, 0.3) is 23.3 Å². The molecule has 0 aliphatic rings. The monoisotopic (exact) mass is 692 g/mol. The Kier molecular flexibility index (Phi) is 13.1. The fourth-order valence-corrected chi connectivity index (χ4v) is 5.07. The fourth-order valence-electron chi connectivity index (χ4n) is 3.11. The number of methoxy groups -OCH3 is 2. The molecule has 0 radical (unpaired) electrons. The van der Waals surface area contributed by atoms with Crippen LogP contribution in [0.4, 0.5) is 8.78 Å². The third kappa shape index (κ3) is 10.9. The van der Waals surface area contributed by atoms with Gasteiger partial charge in [0.15, 0.2) is 5.78 Å². The zero-order valence-electron chi connectivity index (χ0n) is 22.1. The quantitative estimate of drug-likeness (QED) is 0.153. The number of para-hydroxylation sites is 1. The minimum absolute atomic E-state index is 0.0285. The number of carbonyl (C=O) groups excluding carboxylic acids is 2. The molecule has 8 nitrogen and oxygen atoms in total. The Morgan fingerprint density at radius 3 is 1.40 bits per heavy atom. The highest BCUT2D eigenvalue weighted by molar-refractivity contribution is 8.14. The Morgan fingerprint density at radius 1 is 0.605 bits per heavy atom. The second-order valence-corrected chi connectivity index (χ2v) is 13.4. The minimum Gasteiger partial charge on any atom is -0.497 e. The maximum Gasteiger partial charge on any atom is 0.264 e. The fraction of sp³-hybridized carbons (Fsp3) is 0.0714. The van der Waals surface area contributed by atoms with Gasteiger partial charge in [0.1, 0.15) is 32.9 Å². The lowest BCUT2D eigenvalue weighted by Crippen LogP contribution is -2.04. The Hall–Kier alpha value is -3.55. The van der Waals surface area contributed by atoms with Gasteiger partial charge in [-0.15, -0.1) is 0 Å². The summed E-state index contributed by atoms with van der Waals surface area (Å²) in [6, 6.07) is 21.6. The topological polar surface area (TPSA) is 121 Å². The standard InChI is InChI=1S/C14H10ClFO4S.C7H3Cl2FO3S.C7H8O/c1-20-11-5-2-9(3-6-11)14(17)10-4-7-12(16)13(8-10)21(15,18)19;8-7(11)4-1-2-5(10)6(3-4)14(9,12)13;1-8-7-5-3-2-4-6-7/h2-8H,1H3;1-3H;2-6H,1H3. The maximum atomic E-state index is 13.4. The Bertz CT molecular complexity index is 1800. The third-order valence-corrected chi connectivity index (χ3v) is 8.10. The molecule has 0 saturated carbocycles. The number of benzene rings is 4. The van der Waals surface area contributed by atoms with E-state index in [0.717, 1.165) is 36.1 Å². The normalized spacial score (nSPS) is 10.8. The molecule has 0 heterocycles. The lowest BCUT2D eigenvalue weighted by atomic mass is 10.0. The highest BCUT2D eigenvalue weighted by Gasteiger charge is 2.20. The number of ketones is 1. The first kappa shape index (κ1) is 35.6. The summed E-state index contributed by atoms with van der Waals surface area (Å²) in [6.07, 6.45) is 0. The van der Waals surface area contributed by atoms with Crippen LogP contribution in [0, 0.1) is 11.6 Å². The van der Waals surface area contributed by atoms with Crippen LogP contribution in [0.25, 0.3) is 0 Å². The van der Waals surface area contributed by atoms with Gasteiger partial charge >= 0.3 is 0 Å². The average molecular weight is 694 g/mol. The van der Waals surface area contributed by atoms with Crippen molar-refractivity contribution in [2.45, 2.75) is 9.79 Å². The molecule has 4 rings (SSSR count). The average Bonchev–Trinajstić information content (AvgIpc) is 2.97. The van der Waals surface area contributed by atoms with Gasteiger partial charge in [-0.2, -0.15) is 0 Å². The molecule has 0 saturated heterocycles. The molecule has 0 amide bonds. The minimum atomic E-state index is -4.26. The van der Waals surface area contributed by atoms with Gasteiger partial charge in [-0.3, -0.25) is 9.59 Å². The molecule has 43 heavy (non-hydrogen) atoms. The Labute approximate surface area is 260 Å². The Balaban J connectivity index is 0.000000251. The molecule has 228 valence electrons. The van der Waals surface area contributed by atoms with E-state index in [0.29, 0.717) is 11.3 Å². The van der Waals surface area contributed by atoms with Crippen molar-refractivity contribution in [1.29, 1.82) is 0 Å². The van der Waals surface area contributed by atoms with Crippen molar-refractivity contribution >= 4 is 62.1 Å². The number of hydrogen-bond donors (Lipinski definition) is 0.